The van der Waals surface area contributed by atoms with Gasteiger partial charge in [0.1, 0.15) is 12.2 Å². The van der Waals surface area contributed by atoms with Crippen LogP contribution in [-0.4, -0.2) is 24.1 Å². The topological polar surface area (TPSA) is 52.6 Å². The first kappa shape index (κ1) is 23.7. The zero-order chi connectivity index (χ0) is 22.5. The lowest BCUT2D eigenvalue weighted by Gasteiger charge is -2.42. The Kier molecular flexibility index (Phi) is 7.46. The Hall–Kier alpha value is -2.62. The number of carbonyl (C=O) groups is 2. The third-order valence-corrected chi connectivity index (χ3v) is 5.15. The smallest absolute Gasteiger partial charge is 0.338 e. The highest BCUT2D eigenvalue weighted by atomic mass is 16.6. The van der Waals surface area contributed by atoms with Gasteiger partial charge in [-0.15, -0.1) is 0 Å². The van der Waals surface area contributed by atoms with Crippen molar-refractivity contribution in [2.24, 2.45) is 16.7 Å². The largest absolute Gasteiger partial charge is 0.458 e. The van der Waals surface area contributed by atoms with Crippen LogP contribution in [0.5, 0.6) is 0 Å². The molecule has 30 heavy (non-hydrogen) atoms. The molecule has 0 bridgehead atoms. The van der Waals surface area contributed by atoms with Crippen molar-refractivity contribution in [1.29, 1.82) is 0 Å². The summed E-state index contributed by atoms with van der Waals surface area (Å²) in [6, 6.07) is 17.9. The van der Waals surface area contributed by atoms with Crippen LogP contribution in [0.2, 0.25) is 0 Å². The average molecular weight is 411 g/mol. The van der Waals surface area contributed by atoms with Gasteiger partial charge in [-0.2, -0.15) is 0 Å². The monoisotopic (exact) mass is 410 g/mol. The summed E-state index contributed by atoms with van der Waals surface area (Å²) >= 11 is 0. The van der Waals surface area contributed by atoms with Crippen molar-refractivity contribution >= 4 is 11.9 Å². The molecule has 4 nitrogen and oxygen atoms in total. The summed E-state index contributed by atoms with van der Waals surface area (Å²) in [7, 11) is 0. The summed E-state index contributed by atoms with van der Waals surface area (Å²) < 4.78 is 12.0. The van der Waals surface area contributed by atoms with E-state index in [1.165, 1.54) is 0 Å². The van der Waals surface area contributed by atoms with E-state index >= 15 is 0 Å². The molecule has 0 saturated carbocycles. The van der Waals surface area contributed by atoms with Crippen LogP contribution < -0.4 is 0 Å². The van der Waals surface area contributed by atoms with Gasteiger partial charge >= 0.3 is 11.9 Å². The predicted molar refractivity (Wildman–Crippen MR) is 119 cm³/mol. The molecule has 2 rings (SSSR count). The Bertz CT molecular complexity index is 757. The van der Waals surface area contributed by atoms with Gasteiger partial charge in [-0.3, -0.25) is 0 Å². The highest BCUT2D eigenvalue weighted by molar-refractivity contribution is 5.90. The second-order valence-corrected chi connectivity index (χ2v) is 9.98. The summed E-state index contributed by atoms with van der Waals surface area (Å²) in [6.07, 6.45) is -0.893. The molecule has 0 radical (unpaired) electrons. The molecule has 0 fully saturated rings. The van der Waals surface area contributed by atoms with Crippen molar-refractivity contribution in [3.63, 3.8) is 0 Å². The fourth-order valence-electron chi connectivity index (χ4n) is 3.82. The van der Waals surface area contributed by atoms with Gasteiger partial charge in [0.25, 0.3) is 0 Å². The molecular weight excluding hydrogens is 376 g/mol. The number of benzene rings is 2. The third-order valence-electron chi connectivity index (χ3n) is 5.15. The molecule has 0 saturated heterocycles. The maximum atomic E-state index is 12.8. The number of rotatable bonds is 6. The lowest BCUT2D eigenvalue weighted by Crippen LogP contribution is -2.48. The molecule has 0 heterocycles. The van der Waals surface area contributed by atoms with Gasteiger partial charge in [0, 0.05) is 5.92 Å². The van der Waals surface area contributed by atoms with Crippen LogP contribution in [-0.2, 0) is 9.47 Å². The molecule has 162 valence electrons. The second kappa shape index (κ2) is 9.46. The molecule has 2 unspecified atom stereocenters. The van der Waals surface area contributed by atoms with E-state index in [-0.39, 0.29) is 28.7 Å². The first-order chi connectivity index (χ1) is 13.9. The minimum absolute atomic E-state index is 0.217. The molecular formula is C26H34O4. The van der Waals surface area contributed by atoms with E-state index in [1.54, 1.807) is 24.3 Å². The van der Waals surface area contributed by atoms with Crippen LogP contribution in [0.15, 0.2) is 60.7 Å². The Morgan fingerprint density at radius 2 is 0.933 bits per heavy atom. The normalized spacial score (nSPS) is 15.0. The molecule has 4 heteroatoms. The van der Waals surface area contributed by atoms with Gasteiger partial charge in [0.2, 0.25) is 0 Å². The van der Waals surface area contributed by atoms with Crippen LogP contribution in [0.4, 0.5) is 0 Å². The van der Waals surface area contributed by atoms with E-state index in [0.29, 0.717) is 11.1 Å². The molecule has 0 aliphatic rings. The average Bonchev–Trinajstić information content (AvgIpc) is 2.69. The Labute approximate surface area is 180 Å². The molecule has 0 aliphatic carbocycles. The quantitative estimate of drug-likeness (QED) is 0.535. The fraction of sp³-hybridized carbons (Fsp3) is 0.462. The standard InChI is InChI=1S/C26H34O4/c1-18(21(25(2,3)4)29-23(27)19-14-10-8-11-15-19)22(26(5,6)7)30-24(28)20-16-12-9-13-17-20/h8-18,21-22H,1-7H3. The molecule has 0 N–H and O–H groups in total. The van der Waals surface area contributed by atoms with Crippen molar-refractivity contribution < 1.29 is 19.1 Å². The van der Waals surface area contributed by atoms with E-state index in [2.05, 4.69) is 0 Å². The molecule has 2 atom stereocenters. The molecule has 2 aromatic carbocycles. The van der Waals surface area contributed by atoms with Crippen molar-refractivity contribution in [1.82, 2.24) is 0 Å². The highest BCUT2D eigenvalue weighted by Gasteiger charge is 2.43. The van der Waals surface area contributed by atoms with Crippen LogP contribution >= 0.6 is 0 Å². The Balaban J connectivity index is 2.30. The van der Waals surface area contributed by atoms with Crippen LogP contribution in [0.1, 0.15) is 69.2 Å². The summed E-state index contributed by atoms with van der Waals surface area (Å²) in [5.41, 5.74) is 0.332. The van der Waals surface area contributed by atoms with Crippen LogP contribution in [0.3, 0.4) is 0 Å². The molecule has 2 aromatic rings. The number of hydrogen-bond acceptors (Lipinski definition) is 4. The fourth-order valence-corrected chi connectivity index (χ4v) is 3.82. The van der Waals surface area contributed by atoms with Crippen molar-refractivity contribution in [3.8, 4) is 0 Å². The number of esters is 2. The molecule has 0 spiro atoms. The van der Waals surface area contributed by atoms with Crippen LogP contribution in [0, 0.1) is 16.7 Å². The Morgan fingerprint density at radius 1 is 0.633 bits per heavy atom. The van der Waals surface area contributed by atoms with Gasteiger partial charge in [-0.25, -0.2) is 9.59 Å². The van der Waals surface area contributed by atoms with Gasteiger partial charge < -0.3 is 9.47 Å². The highest BCUT2D eigenvalue weighted by Crippen LogP contribution is 2.38. The molecule has 0 aromatic heterocycles. The second-order valence-electron chi connectivity index (χ2n) is 9.98. The van der Waals surface area contributed by atoms with Crippen molar-refractivity contribution in [2.75, 3.05) is 0 Å². The van der Waals surface area contributed by atoms with E-state index in [1.807, 2.05) is 84.9 Å². The van der Waals surface area contributed by atoms with Crippen LogP contribution in [0.25, 0.3) is 0 Å². The SMILES string of the molecule is CC(C(OC(=O)c1ccccc1)C(C)(C)C)C(OC(=O)c1ccccc1)C(C)(C)C. The molecule has 0 amide bonds. The lowest BCUT2D eigenvalue weighted by atomic mass is 9.73. The van der Waals surface area contributed by atoms with Gasteiger partial charge in [-0.05, 0) is 35.1 Å². The zero-order valence-corrected chi connectivity index (χ0v) is 19.1. The van der Waals surface area contributed by atoms with E-state index in [9.17, 15) is 9.59 Å². The number of carbonyl (C=O) groups excluding carboxylic acids is 2. The van der Waals surface area contributed by atoms with Gasteiger partial charge in [0.15, 0.2) is 0 Å². The lowest BCUT2D eigenvalue weighted by molar-refractivity contribution is -0.0908. The van der Waals surface area contributed by atoms with Gasteiger partial charge in [0.05, 0.1) is 11.1 Å². The maximum Gasteiger partial charge on any atom is 0.338 e. The van der Waals surface area contributed by atoms with E-state index < -0.39 is 12.2 Å². The summed E-state index contributed by atoms with van der Waals surface area (Å²) in [5, 5.41) is 0. The van der Waals surface area contributed by atoms with E-state index in [4.69, 9.17) is 9.47 Å². The summed E-state index contributed by atoms with van der Waals surface area (Å²) in [5.74, 6) is -0.959. The predicted octanol–water partition coefficient (Wildman–Crippen LogP) is 6.17. The van der Waals surface area contributed by atoms with Crippen molar-refractivity contribution in [2.45, 2.75) is 60.7 Å². The Morgan fingerprint density at radius 3 is 1.20 bits per heavy atom. The zero-order valence-electron chi connectivity index (χ0n) is 19.1. The summed E-state index contributed by atoms with van der Waals surface area (Å²) in [6.45, 7) is 14.2. The van der Waals surface area contributed by atoms with Crippen molar-refractivity contribution in [3.05, 3.63) is 71.8 Å². The maximum absolute atomic E-state index is 12.8. The first-order valence-electron chi connectivity index (χ1n) is 10.4. The minimum atomic E-state index is -0.446. The molecule has 0 aliphatic heterocycles. The summed E-state index contributed by atoms with van der Waals surface area (Å²) in [4.78, 5) is 25.6. The first-order valence-corrected chi connectivity index (χ1v) is 10.4. The number of hydrogen-bond donors (Lipinski definition) is 0. The van der Waals surface area contributed by atoms with Gasteiger partial charge in [-0.1, -0.05) is 84.9 Å². The third kappa shape index (κ3) is 6.19. The number of ether oxygens (including phenoxy) is 2. The van der Waals surface area contributed by atoms with E-state index in [0.717, 1.165) is 0 Å². The minimum Gasteiger partial charge on any atom is -0.458 e.